The fourth-order valence-electron chi connectivity index (χ4n) is 4.89. The number of fused-ring (bicyclic) bond motifs is 1. The molecule has 0 unspecified atom stereocenters. The third-order valence-electron chi connectivity index (χ3n) is 6.97. The molecule has 0 aliphatic carbocycles. The maximum atomic E-state index is 13.7. The standard InChI is InChI=1S/C30H45N7O4/c1-20(2)17-27(40)36-15-9-13-25(38)33-24(18-23-11-7-6-8-12-23)30(41)34-28(21(3)4)29-32-22(5)35-37(29)19-26(39)31-14-10-16-36/h6-8,11-12,20-21,24,28H,9-10,13-19H2,1-5H3,(H,31,39)(H,33,38)(H,34,41)/t24-,28+/m1/s1. The molecule has 11 heteroatoms. The van der Waals surface area contributed by atoms with E-state index in [1.54, 1.807) is 11.8 Å². The van der Waals surface area contributed by atoms with Gasteiger partial charge in [-0.2, -0.15) is 5.10 Å². The van der Waals surface area contributed by atoms with Crippen molar-refractivity contribution in [2.75, 3.05) is 19.6 Å². The van der Waals surface area contributed by atoms with Crippen LogP contribution in [0.1, 0.15) is 76.6 Å². The van der Waals surface area contributed by atoms with Crippen molar-refractivity contribution in [1.82, 2.24) is 35.6 Å². The van der Waals surface area contributed by atoms with Crippen LogP contribution in [0.3, 0.4) is 0 Å². The molecule has 3 N–H and O–H groups in total. The lowest BCUT2D eigenvalue weighted by Gasteiger charge is -2.26. The Morgan fingerprint density at radius 1 is 1.00 bits per heavy atom. The number of hydrogen-bond acceptors (Lipinski definition) is 6. The molecule has 0 spiro atoms. The van der Waals surface area contributed by atoms with Crippen LogP contribution < -0.4 is 16.0 Å². The van der Waals surface area contributed by atoms with Gasteiger partial charge in [-0.3, -0.25) is 19.2 Å². The van der Waals surface area contributed by atoms with Crippen LogP contribution in [-0.4, -0.2) is 69.0 Å². The number of nitrogens with one attached hydrogen (secondary N) is 3. The summed E-state index contributed by atoms with van der Waals surface area (Å²) >= 11 is 0. The third-order valence-corrected chi connectivity index (χ3v) is 6.97. The topological polar surface area (TPSA) is 138 Å². The van der Waals surface area contributed by atoms with Gasteiger partial charge in [-0.25, -0.2) is 9.67 Å². The molecule has 1 aromatic carbocycles. The van der Waals surface area contributed by atoms with Crippen molar-refractivity contribution in [2.24, 2.45) is 11.8 Å². The van der Waals surface area contributed by atoms with E-state index in [0.717, 1.165) is 5.56 Å². The van der Waals surface area contributed by atoms with E-state index < -0.39 is 12.1 Å². The van der Waals surface area contributed by atoms with Crippen LogP contribution >= 0.6 is 0 Å². The second kappa shape index (κ2) is 15.3. The molecule has 0 bridgehead atoms. The Kier molecular flexibility index (Phi) is 11.9. The number of aromatic nitrogens is 3. The summed E-state index contributed by atoms with van der Waals surface area (Å²) in [4.78, 5) is 58.8. The smallest absolute Gasteiger partial charge is 0.243 e. The zero-order valence-electron chi connectivity index (χ0n) is 25.0. The second-order valence-corrected chi connectivity index (χ2v) is 11.5. The molecule has 0 saturated heterocycles. The van der Waals surface area contributed by atoms with Crippen LogP contribution in [0.25, 0.3) is 0 Å². The van der Waals surface area contributed by atoms with E-state index in [4.69, 9.17) is 0 Å². The molecule has 4 amide bonds. The van der Waals surface area contributed by atoms with Gasteiger partial charge < -0.3 is 20.9 Å². The van der Waals surface area contributed by atoms with Gasteiger partial charge in [-0.05, 0) is 37.2 Å². The van der Waals surface area contributed by atoms with E-state index in [9.17, 15) is 19.2 Å². The number of hydrogen-bond donors (Lipinski definition) is 3. The average Bonchev–Trinajstić information content (AvgIpc) is 3.26. The van der Waals surface area contributed by atoms with Crippen LogP contribution in [0.15, 0.2) is 30.3 Å². The van der Waals surface area contributed by atoms with Crippen molar-refractivity contribution in [3.8, 4) is 0 Å². The molecule has 0 saturated carbocycles. The van der Waals surface area contributed by atoms with Crippen LogP contribution in [0.4, 0.5) is 0 Å². The number of aryl methyl sites for hydroxylation is 1. The molecule has 0 radical (unpaired) electrons. The molecule has 0 fully saturated rings. The highest BCUT2D eigenvalue weighted by atomic mass is 16.2. The van der Waals surface area contributed by atoms with E-state index in [1.807, 2.05) is 58.0 Å². The van der Waals surface area contributed by atoms with Crippen molar-refractivity contribution in [3.63, 3.8) is 0 Å². The SMILES string of the molecule is Cc1nc2n(n1)CC(=O)NCCCN(C(=O)CC(C)C)CCCC(=O)N[C@H](Cc1ccccc1)C(=O)N[C@H]2C(C)C. The molecule has 2 atom stereocenters. The first-order valence-corrected chi connectivity index (χ1v) is 14.6. The second-order valence-electron chi connectivity index (χ2n) is 11.5. The van der Waals surface area contributed by atoms with Crippen LogP contribution in [0.5, 0.6) is 0 Å². The van der Waals surface area contributed by atoms with Gasteiger partial charge in [0.05, 0.1) is 6.04 Å². The predicted molar refractivity (Wildman–Crippen MR) is 155 cm³/mol. The summed E-state index contributed by atoms with van der Waals surface area (Å²) in [5, 5.41) is 13.3. The Morgan fingerprint density at radius 3 is 2.39 bits per heavy atom. The largest absolute Gasteiger partial charge is 0.354 e. The predicted octanol–water partition coefficient (Wildman–Crippen LogP) is 2.30. The minimum absolute atomic E-state index is 0.0323. The molecule has 1 aliphatic heterocycles. The molecule has 1 aromatic heterocycles. The lowest BCUT2D eigenvalue weighted by Crippen LogP contribution is -2.50. The third kappa shape index (κ3) is 9.98. The van der Waals surface area contributed by atoms with Crippen LogP contribution in [0, 0.1) is 18.8 Å². The molecule has 2 heterocycles. The van der Waals surface area contributed by atoms with Crippen molar-refractivity contribution >= 4 is 23.6 Å². The summed E-state index contributed by atoms with van der Waals surface area (Å²) in [6, 6.07) is 8.19. The van der Waals surface area contributed by atoms with E-state index in [0.29, 0.717) is 57.0 Å². The normalized spacial score (nSPS) is 20.1. The van der Waals surface area contributed by atoms with E-state index >= 15 is 0 Å². The van der Waals surface area contributed by atoms with Gasteiger partial charge in [0.15, 0.2) is 5.82 Å². The van der Waals surface area contributed by atoms with Crippen molar-refractivity contribution in [2.45, 2.75) is 85.4 Å². The summed E-state index contributed by atoms with van der Waals surface area (Å²) in [6.07, 6.45) is 1.98. The Hall–Kier alpha value is -3.76. The van der Waals surface area contributed by atoms with E-state index in [1.165, 1.54) is 4.68 Å². The minimum atomic E-state index is -0.815. The first-order valence-electron chi connectivity index (χ1n) is 14.6. The van der Waals surface area contributed by atoms with Crippen molar-refractivity contribution in [1.29, 1.82) is 0 Å². The fourth-order valence-corrected chi connectivity index (χ4v) is 4.89. The van der Waals surface area contributed by atoms with E-state index in [-0.39, 0.29) is 48.4 Å². The Balaban J connectivity index is 1.89. The fraction of sp³-hybridized carbons (Fsp3) is 0.600. The molecule has 11 nitrogen and oxygen atoms in total. The summed E-state index contributed by atoms with van der Waals surface area (Å²) < 4.78 is 1.53. The maximum Gasteiger partial charge on any atom is 0.243 e. The molecule has 1 aliphatic rings. The van der Waals surface area contributed by atoms with Crippen molar-refractivity contribution in [3.05, 3.63) is 47.5 Å². The van der Waals surface area contributed by atoms with Crippen LogP contribution in [-0.2, 0) is 32.1 Å². The highest BCUT2D eigenvalue weighted by Gasteiger charge is 2.30. The summed E-state index contributed by atoms with van der Waals surface area (Å²) in [7, 11) is 0. The Morgan fingerprint density at radius 2 is 1.71 bits per heavy atom. The molecule has 3 rings (SSSR count). The first kappa shape index (κ1) is 31.8. The minimum Gasteiger partial charge on any atom is -0.354 e. The molecular weight excluding hydrogens is 522 g/mol. The maximum absolute atomic E-state index is 13.7. The Labute approximate surface area is 242 Å². The Bertz CT molecular complexity index is 1180. The van der Waals surface area contributed by atoms with Crippen LogP contribution in [0.2, 0.25) is 0 Å². The zero-order chi connectivity index (χ0) is 29.9. The van der Waals surface area contributed by atoms with Gasteiger partial charge in [-0.15, -0.1) is 0 Å². The van der Waals surface area contributed by atoms with Gasteiger partial charge in [0.1, 0.15) is 18.4 Å². The number of carbonyl (C=O) groups excluding carboxylic acids is 4. The molecule has 224 valence electrons. The molecular formula is C30H45N7O4. The summed E-state index contributed by atoms with van der Waals surface area (Å²) in [5.74, 6) is 0.358. The average molecular weight is 568 g/mol. The lowest BCUT2D eigenvalue weighted by molar-refractivity contribution is -0.132. The monoisotopic (exact) mass is 567 g/mol. The van der Waals surface area contributed by atoms with Gasteiger partial charge in [-0.1, -0.05) is 58.0 Å². The number of nitrogens with zero attached hydrogens (tertiary/aromatic N) is 4. The summed E-state index contributed by atoms with van der Waals surface area (Å²) in [5.41, 5.74) is 0.914. The number of carbonyl (C=O) groups is 4. The van der Waals surface area contributed by atoms with Gasteiger partial charge >= 0.3 is 0 Å². The quantitative estimate of drug-likeness (QED) is 0.507. The lowest BCUT2D eigenvalue weighted by atomic mass is 10.0. The van der Waals surface area contributed by atoms with Gasteiger partial charge in [0, 0.05) is 38.9 Å². The van der Waals surface area contributed by atoms with Crippen molar-refractivity contribution < 1.29 is 19.2 Å². The highest BCUT2D eigenvalue weighted by Crippen LogP contribution is 2.21. The highest BCUT2D eigenvalue weighted by molar-refractivity contribution is 5.88. The van der Waals surface area contributed by atoms with Gasteiger partial charge in [0.2, 0.25) is 23.6 Å². The zero-order valence-corrected chi connectivity index (χ0v) is 25.0. The molecule has 2 aromatic rings. The van der Waals surface area contributed by atoms with Gasteiger partial charge in [0.25, 0.3) is 0 Å². The number of amides is 4. The van der Waals surface area contributed by atoms with E-state index in [2.05, 4.69) is 26.0 Å². The summed E-state index contributed by atoms with van der Waals surface area (Å²) in [6.45, 7) is 10.9. The number of rotatable bonds is 5. The molecule has 41 heavy (non-hydrogen) atoms. The first-order chi connectivity index (χ1) is 19.5. The number of benzene rings is 1.